The molecule has 230 valence electrons. The molecule has 0 saturated carbocycles. The second kappa shape index (κ2) is 11.0. The van der Waals surface area contributed by atoms with Crippen LogP contribution in [0.4, 0.5) is 79.0 Å². The van der Waals surface area contributed by atoms with Gasteiger partial charge in [0, 0.05) is 13.0 Å². The molecule has 0 aromatic carbocycles. The number of nitrogens with one attached hydrogen (secondary N) is 1. The summed E-state index contributed by atoms with van der Waals surface area (Å²) < 4.78 is 238. The van der Waals surface area contributed by atoms with Crippen LogP contribution in [-0.2, 0) is 4.79 Å². The van der Waals surface area contributed by atoms with Crippen LogP contribution >= 0.6 is 0 Å². The van der Waals surface area contributed by atoms with Gasteiger partial charge in [-0.25, -0.2) is 0 Å². The maximum Gasteiger partial charge on any atom is 0.461 e. The van der Waals surface area contributed by atoms with E-state index in [2.05, 4.69) is 0 Å². The lowest BCUT2D eigenvalue weighted by Crippen LogP contribution is -3.00. The van der Waals surface area contributed by atoms with Crippen LogP contribution in [0.2, 0.25) is 0 Å². The quantitative estimate of drug-likeness (QED) is 0.117. The van der Waals surface area contributed by atoms with Gasteiger partial charge >= 0.3 is 48.3 Å². The molecule has 4 nitrogen and oxygen atoms in total. The van der Waals surface area contributed by atoms with Gasteiger partial charge < -0.3 is 33.8 Å². The number of nitrogens with zero attached hydrogens (tertiary/aromatic N) is 2. The first-order valence-corrected chi connectivity index (χ1v) is 9.04. The van der Waals surface area contributed by atoms with Gasteiger partial charge in [0.05, 0.1) is 27.7 Å². The standard InChI is InChI=1S/C15H15F18N3O.HI/c1-36(2,3)6-4-5-34-7(37)8(16,17)13(28,29)35(14(30,31)9(18,19)11(22,23)24)15(32,33)10(20,21)12(25,26)27;/h4-6H2,1-3H3;1H. The maximum atomic E-state index is 14.2. The van der Waals surface area contributed by atoms with Crippen LogP contribution in [0.3, 0.4) is 0 Å². The van der Waals surface area contributed by atoms with Crippen molar-refractivity contribution in [1.29, 1.82) is 0 Å². The number of halogens is 19. The van der Waals surface area contributed by atoms with Crippen molar-refractivity contribution in [2.24, 2.45) is 0 Å². The zero-order chi connectivity index (χ0) is 30.5. The average Bonchev–Trinajstić information content (AvgIpc) is 2.61. The van der Waals surface area contributed by atoms with E-state index in [1.54, 1.807) is 0 Å². The lowest BCUT2D eigenvalue weighted by Gasteiger charge is -2.46. The highest BCUT2D eigenvalue weighted by molar-refractivity contribution is 5.84. The van der Waals surface area contributed by atoms with E-state index < -0.39 is 72.0 Å². The normalized spacial score (nSPS) is 15.4. The molecule has 0 radical (unpaired) electrons. The zero-order valence-electron chi connectivity index (χ0n) is 18.6. The van der Waals surface area contributed by atoms with E-state index in [1.165, 1.54) is 21.1 Å². The molecule has 0 aromatic heterocycles. The molecule has 0 atom stereocenters. The summed E-state index contributed by atoms with van der Waals surface area (Å²) in [6.45, 7) is -1.22. The minimum Gasteiger partial charge on any atom is -1.00 e. The number of hydrogen-bond acceptors (Lipinski definition) is 2. The van der Waals surface area contributed by atoms with Crippen LogP contribution in [0.25, 0.3) is 0 Å². The third-order valence-electron chi connectivity index (χ3n) is 4.26. The number of alkyl halides is 18. The molecular formula is C15H16F18IN3O. The highest BCUT2D eigenvalue weighted by Gasteiger charge is 2.90. The van der Waals surface area contributed by atoms with Crippen molar-refractivity contribution in [3.8, 4) is 0 Å². The van der Waals surface area contributed by atoms with Crippen molar-refractivity contribution in [1.82, 2.24) is 10.2 Å². The zero-order valence-corrected chi connectivity index (χ0v) is 20.8. The predicted molar refractivity (Wildman–Crippen MR) is 84.2 cm³/mol. The van der Waals surface area contributed by atoms with Gasteiger partial charge in [-0.15, -0.1) is 4.90 Å². The van der Waals surface area contributed by atoms with Gasteiger partial charge in [0.15, 0.2) is 0 Å². The van der Waals surface area contributed by atoms with E-state index in [4.69, 9.17) is 0 Å². The highest BCUT2D eigenvalue weighted by atomic mass is 127. The molecule has 0 heterocycles. The number of hydrogen-bond donors (Lipinski definition) is 1. The first-order valence-electron chi connectivity index (χ1n) is 9.04. The molecule has 1 N–H and O–H groups in total. The SMILES string of the molecule is C[N+](C)(C)CCCNC(=O)C(F)(F)C(F)(F)N(C(F)(F)C(F)(F)C(F)(F)F)C(F)(F)C(F)(F)C(F)(F)F.[I-]. The van der Waals surface area contributed by atoms with Gasteiger partial charge in [-0.2, -0.15) is 79.0 Å². The van der Waals surface area contributed by atoms with Crippen LogP contribution < -0.4 is 29.3 Å². The molecule has 0 saturated heterocycles. The van der Waals surface area contributed by atoms with E-state index >= 15 is 0 Å². The summed E-state index contributed by atoms with van der Waals surface area (Å²) in [6.07, 6.45) is -16.4. The fraction of sp³-hybridized carbons (Fsp3) is 0.933. The Morgan fingerprint density at radius 1 is 0.632 bits per heavy atom. The summed E-state index contributed by atoms with van der Waals surface area (Å²) in [7, 11) is 4.32. The van der Waals surface area contributed by atoms with Crippen LogP contribution in [0, 0.1) is 0 Å². The summed E-state index contributed by atoms with van der Waals surface area (Å²) in [6, 6.07) is -25.5. The molecule has 38 heavy (non-hydrogen) atoms. The Kier molecular flexibility index (Phi) is 11.3. The first kappa shape index (κ1) is 39.0. The average molecular weight is 723 g/mol. The number of carbonyl (C=O) groups excluding carboxylic acids is 1. The lowest BCUT2D eigenvalue weighted by molar-refractivity contribution is -0.870. The molecule has 0 unspecified atom stereocenters. The third-order valence-corrected chi connectivity index (χ3v) is 4.26. The number of quaternary nitrogens is 1. The van der Waals surface area contributed by atoms with Crippen molar-refractivity contribution < 1.29 is 112 Å². The second-order valence-corrected chi connectivity index (χ2v) is 8.30. The van der Waals surface area contributed by atoms with E-state index in [0.29, 0.717) is 0 Å². The van der Waals surface area contributed by atoms with Crippen LogP contribution in [0.5, 0.6) is 0 Å². The summed E-state index contributed by atoms with van der Waals surface area (Å²) in [5.74, 6) is -27.8. The van der Waals surface area contributed by atoms with Crippen LogP contribution in [0.1, 0.15) is 6.42 Å². The number of rotatable bonds is 11. The van der Waals surface area contributed by atoms with Crippen molar-refractivity contribution in [2.45, 2.75) is 54.7 Å². The van der Waals surface area contributed by atoms with Crippen molar-refractivity contribution in [2.75, 3.05) is 34.2 Å². The Hall–Kier alpha value is -1.14. The van der Waals surface area contributed by atoms with Crippen molar-refractivity contribution in [3.05, 3.63) is 0 Å². The Morgan fingerprint density at radius 2 is 0.947 bits per heavy atom. The maximum absolute atomic E-state index is 14.2. The van der Waals surface area contributed by atoms with Gasteiger partial charge in [-0.3, -0.25) is 4.79 Å². The van der Waals surface area contributed by atoms with Gasteiger partial charge in [-0.1, -0.05) is 0 Å². The highest BCUT2D eigenvalue weighted by Crippen LogP contribution is 2.60. The Bertz CT molecular complexity index is 779. The molecule has 1 amide bonds. The molecule has 0 fully saturated rings. The predicted octanol–water partition coefficient (Wildman–Crippen LogP) is 2.31. The largest absolute Gasteiger partial charge is 1.00 e. The molecule has 0 aliphatic heterocycles. The molecule has 0 rings (SSSR count). The summed E-state index contributed by atoms with van der Waals surface area (Å²) in [5.41, 5.74) is 0. The fourth-order valence-electron chi connectivity index (χ4n) is 2.29. The molecular weight excluding hydrogens is 707 g/mol. The molecule has 0 spiro atoms. The van der Waals surface area contributed by atoms with Gasteiger partial charge in [0.1, 0.15) is 0 Å². The Morgan fingerprint density at radius 3 is 1.21 bits per heavy atom. The minimum absolute atomic E-state index is 0. The van der Waals surface area contributed by atoms with E-state index in [-0.39, 0.29) is 35.0 Å². The summed E-state index contributed by atoms with van der Waals surface area (Å²) in [5, 5.41) is 0.783. The van der Waals surface area contributed by atoms with Gasteiger partial charge in [0.25, 0.3) is 5.91 Å². The minimum atomic E-state index is -8.65. The first-order chi connectivity index (χ1) is 15.7. The van der Waals surface area contributed by atoms with Gasteiger partial charge in [-0.05, 0) is 0 Å². The topological polar surface area (TPSA) is 32.3 Å². The number of carbonyl (C=O) groups is 1. The summed E-state index contributed by atoms with van der Waals surface area (Å²) >= 11 is 0. The summed E-state index contributed by atoms with van der Waals surface area (Å²) in [4.78, 5) is 6.46. The van der Waals surface area contributed by atoms with Crippen LogP contribution in [-0.4, -0.2) is 97.8 Å². The fourth-order valence-corrected chi connectivity index (χ4v) is 2.29. The van der Waals surface area contributed by atoms with Gasteiger partial charge in [0.2, 0.25) is 0 Å². The van der Waals surface area contributed by atoms with E-state index in [1.807, 2.05) is 0 Å². The second-order valence-electron chi connectivity index (χ2n) is 8.30. The number of amides is 1. The molecule has 0 aliphatic carbocycles. The van der Waals surface area contributed by atoms with E-state index in [0.717, 1.165) is 5.32 Å². The van der Waals surface area contributed by atoms with E-state index in [9.17, 15) is 83.8 Å². The lowest BCUT2D eigenvalue weighted by atomic mass is 10.1. The molecule has 0 aromatic rings. The molecule has 0 bridgehead atoms. The Labute approximate surface area is 217 Å². The third kappa shape index (κ3) is 6.95. The van der Waals surface area contributed by atoms with Crippen molar-refractivity contribution >= 4 is 5.91 Å². The smallest absolute Gasteiger partial charge is 0.461 e. The molecule has 0 aliphatic rings. The Balaban J connectivity index is 0. The monoisotopic (exact) mass is 723 g/mol. The molecule has 23 heteroatoms. The van der Waals surface area contributed by atoms with Crippen molar-refractivity contribution in [3.63, 3.8) is 0 Å². The van der Waals surface area contributed by atoms with Crippen LogP contribution in [0.15, 0.2) is 0 Å².